The third kappa shape index (κ3) is 3.93. The number of ether oxygens (including phenoxy) is 1. The number of carbonyl (C=O) groups is 1. The van der Waals surface area contributed by atoms with Gasteiger partial charge in [0.1, 0.15) is 0 Å². The molecule has 1 aliphatic rings. The van der Waals surface area contributed by atoms with Crippen LogP contribution in [0.4, 0.5) is 10.8 Å². The lowest BCUT2D eigenvalue weighted by Gasteiger charge is -2.29. The Morgan fingerprint density at radius 1 is 1.11 bits per heavy atom. The van der Waals surface area contributed by atoms with Crippen LogP contribution in [0.25, 0.3) is 11.3 Å². The molecule has 1 fully saturated rings. The van der Waals surface area contributed by atoms with E-state index < -0.39 is 0 Å². The van der Waals surface area contributed by atoms with E-state index in [1.807, 2.05) is 23.6 Å². The third-order valence-corrected chi connectivity index (χ3v) is 5.67. The predicted molar refractivity (Wildman–Crippen MR) is 114 cm³/mol. The Morgan fingerprint density at radius 2 is 1.79 bits per heavy atom. The fourth-order valence-electron chi connectivity index (χ4n) is 3.55. The average Bonchev–Trinajstić information content (AvgIpc) is 3.16. The van der Waals surface area contributed by atoms with Crippen molar-refractivity contribution in [3.05, 3.63) is 64.5 Å². The zero-order valence-corrected chi connectivity index (χ0v) is 16.9. The average molecular weight is 394 g/mol. The van der Waals surface area contributed by atoms with Gasteiger partial charge in [-0.2, -0.15) is 0 Å². The minimum Gasteiger partial charge on any atom is -0.378 e. The van der Waals surface area contributed by atoms with Crippen LogP contribution < -0.4 is 10.2 Å². The van der Waals surface area contributed by atoms with Gasteiger partial charge in [0.25, 0.3) is 5.91 Å². The van der Waals surface area contributed by atoms with Crippen LogP contribution in [0.15, 0.2) is 47.8 Å². The number of hydrogen-bond donors (Lipinski definition) is 1. The van der Waals surface area contributed by atoms with Crippen LogP contribution in [0.1, 0.15) is 21.5 Å². The van der Waals surface area contributed by atoms with E-state index in [0.717, 1.165) is 37.6 Å². The standard InChI is InChI=1S/C22H23N3O2S/c1-15-12-18(25-8-10-27-11-9-25)13-16(2)20(15)19-14-28-22(23-19)24-21(26)17-6-4-3-5-7-17/h3-7,12-14H,8-11H2,1-2H3,(H,23,24,26). The first-order valence-corrected chi connectivity index (χ1v) is 10.3. The summed E-state index contributed by atoms with van der Waals surface area (Å²) in [4.78, 5) is 19.4. The van der Waals surface area contributed by atoms with Crippen molar-refractivity contribution in [2.24, 2.45) is 0 Å². The molecule has 1 amide bonds. The Kier molecular flexibility index (Phi) is 5.41. The molecule has 1 aromatic heterocycles. The van der Waals surface area contributed by atoms with E-state index in [1.165, 1.54) is 28.2 Å². The Labute approximate surface area is 169 Å². The highest BCUT2D eigenvalue weighted by atomic mass is 32.1. The number of anilines is 2. The number of rotatable bonds is 4. The number of thiazole rings is 1. The molecule has 2 heterocycles. The summed E-state index contributed by atoms with van der Waals surface area (Å²) in [7, 11) is 0. The van der Waals surface area contributed by atoms with Gasteiger partial charge in [-0.05, 0) is 49.2 Å². The SMILES string of the molecule is Cc1cc(N2CCOCC2)cc(C)c1-c1csc(NC(=O)c2ccccc2)n1. The van der Waals surface area contributed by atoms with Crippen molar-refractivity contribution in [3.63, 3.8) is 0 Å². The van der Waals surface area contributed by atoms with Crippen molar-refractivity contribution >= 4 is 28.1 Å². The summed E-state index contributed by atoms with van der Waals surface area (Å²) in [6.07, 6.45) is 0. The molecule has 4 rings (SSSR count). The number of amides is 1. The molecule has 0 aliphatic carbocycles. The summed E-state index contributed by atoms with van der Waals surface area (Å²) in [5.41, 5.74) is 6.27. The molecule has 0 atom stereocenters. The lowest BCUT2D eigenvalue weighted by atomic mass is 9.99. The Balaban J connectivity index is 1.55. The summed E-state index contributed by atoms with van der Waals surface area (Å²) >= 11 is 1.45. The molecule has 5 nitrogen and oxygen atoms in total. The molecule has 0 radical (unpaired) electrons. The molecule has 1 aliphatic heterocycles. The summed E-state index contributed by atoms with van der Waals surface area (Å²) < 4.78 is 5.46. The Bertz CT molecular complexity index is 955. The number of morpholine rings is 1. The predicted octanol–water partition coefficient (Wildman–Crippen LogP) is 4.52. The zero-order valence-electron chi connectivity index (χ0n) is 16.1. The number of carbonyl (C=O) groups excluding carboxylic acids is 1. The number of aromatic nitrogens is 1. The molecule has 0 bridgehead atoms. The van der Waals surface area contributed by atoms with Gasteiger partial charge in [0.05, 0.1) is 18.9 Å². The van der Waals surface area contributed by atoms with Crippen LogP contribution in [0.3, 0.4) is 0 Å². The van der Waals surface area contributed by atoms with Crippen LogP contribution in [0.2, 0.25) is 0 Å². The van der Waals surface area contributed by atoms with Crippen LogP contribution in [-0.4, -0.2) is 37.2 Å². The smallest absolute Gasteiger partial charge is 0.257 e. The van der Waals surface area contributed by atoms with Gasteiger partial charge >= 0.3 is 0 Å². The van der Waals surface area contributed by atoms with Gasteiger partial charge in [0, 0.05) is 35.3 Å². The number of benzene rings is 2. The van der Waals surface area contributed by atoms with Gasteiger partial charge < -0.3 is 9.64 Å². The van der Waals surface area contributed by atoms with Crippen LogP contribution in [-0.2, 0) is 4.74 Å². The van der Waals surface area contributed by atoms with E-state index in [1.54, 1.807) is 12.1 Å². The molecule has 0 unspecified atom stereocenters. The third-order valence-electron chi connectivity index (χ3n) is 4.91. The molecule has 0 saturated carbocycles. The fraction of sp³-hybridized carbons (Fsp3) is 0.273. The summed E-state index contributed by atoms with van der Waals surface area (Å²) in [5, 5.41) is 5.51. The molecular formula is C22H23N3O2S. The minimum absolute atomic E-state index is 0.141. The summed E-state index contributed by atoms with van der Waals surface area (Å²) in [6.45, 7) is 7.63. The fourth-order valence-corrected chi connectivity index (χ4v) is 4.25. The lowest BCUT2D eigenvalue weighted by Crippen LogP contribution is -2.36. The number of nitrogens with zero attached hydrogens (tertiary/aromatic N) is 2. The van der Waals surface area contributed by atoms with Gasteiger partial charge in [0.15, 0.2) is 5.13 Å². The van der Waals surface area contributed by atoms with Crippen molar-refractivity contribution in [2.75, 3.05) is 36.5 Å². The first kappa shape index (κ1) is 18.7. The number of hydrogen-bond acceptors (Lipinski definition) is 5. The molecular weight excluding hydrogens is 370 g/mol. The monoisotopic (exact) mass is 393 g/mol. The maximum atomic E-state index is 12.4. The second kappa shape index (κ2) is 8.12. The van der Waals surface area contributed by atoms with Crippen molar-refractivity contribution in [3.8, 4) is 11.3 Å². The molecule has 1 saturated heterocycles. The molecule has 28 heavy (non-hydrogen) atoms. The maximum Gasteiger partial charge on any atom is 0.257 e. The largest absolute Gasteiger partial charge is 0.378 e. The van der Waals surface area contributed by atoms with Gasteiger partial charge in [0.2, 0.25) is 0 Å². The van der Waals surface area contributed by atoms with Crippen molar-refractivity contribution in [2.45, 2.75) is 13.8 Å². The normalized spacial score (nSPS) is 14.1. The summed E-state index contributed by atoms with van der Waals surface area (Å²) in [5.74, 6) is -0.141. The first-order chi connectivity index (χ1) is 13.6. The van der Waals surface area contributed by atoms with E-state index in [-0.39, 0.29) is 5.91 Å². The van der Waals surface area contributed by atoms with Crippen molar-refractivity contribution in [1.29, 1.82) is 0 Å². The maximum absolute atomic E-state index is 12.4. The van der Waals surface area contributed by atoms with Gasteiger partial charge in [-0.25, -0.2) is 4.98 Å². The zero-order chi connectivity index (χ0) is 19.5. The minimum atomic E-state index is -0.141. The van der Waals surface area contributed by atoms with E-state index >= 15 is 0 Å². The lowest BCUT2D eigenvalue weighted by molar-refractivity contribution is 0.102. The molecule has 2 aromatic carbocycles. The quantitative estimate of drug-likeness (QED) is 0.708. The second-order valence-electron chi connectivity index (χ2n) is 6.91. The van der Waals surface area contributed by atoms with E-state index in [4.69, 9.17) is 4.74 Å². The van der Waals surface area contributed by atoms with Gasteiger partial charge in [-0.1, -0.05) is 18.2 Å². The van der Waals surface area contributed by atoms with Crippen molar-refractivity contribution < 1.29 is 9.53 Å². The van der Waals surface area contributed by atoms with E-state index in [0.29, 0.717) is 10.7 Å². The molecule has 1 N–H and O–H groups in total. The highest BCUT2D eigenvalue weighted by Gasteiger charge is 2.17. The topological polar surface area (TPSA) is 54.5 Å². The molecule has 3 aromatic rings. The highest BCUT2D eigenvalue weighted by Crippen LogP contribution is 2.33. The Hall–Kier alpha value is -2.70. The first-order valence-electron chi connectivity index (χ1n) is 9.38. The number of nitrogens with one attached hydrogen (secondary N) is 1. The van der Waals surface area contributed by atoms with Crippen LogP contribution in [0, 0.1) is 13.8 Å². The Morgan fingerprint density at radius 3 is 2.46 bits per heavy atom. The molecule has 6 heteroatoms. The molecule has 144 valence electrons. The van der Waals surface area contributed by atoms with Crippen LogP contribution >= 0.6 is 11.3 Å². The van der Waals surface area contributed by atoms with E-state index in [9.17, 15) is 4.79 Å². The van der Waals surface area contributed by atoms with Crippen molar-refractivity contribution in [1.82, 2.24) is 4.98 Å². The van der Waals surface area contributed by atoms with Gasteiger partial charge in [-0.3, -0.25) is 10.1 Å². The van der Waals surface area contributed by atoms with Crippen LogP contribution in [0.5, 0.6) is 0 Å². The second-order valence-corrected chi connectivity index (χ2v) is 7.77. The molecule has 0 spiro atoms. The van der Waals surface area contributed by atoms with E-state index in [2.05, 4.69) is 41.2 Å². The number of aryl methyl sites for hydroxylation is 2. The highest BCUT2D eigenvalue weighted by molar-refractivity contribution is 7.14. The van der Waals surface area contributed by atoms with Gasteiger partial charge in [-0.15, -0.1) is 11.3 Å². The summed E-state index contributed by atoms with van der Waals surface area (Å²) in [6, 6.07) is 13.6.